The molecule has 0 atom stereocenters. The first-order valence-electron chi connectivity index (χ1n) is 6.71. The molecule has 120 valence electrons. The molecule has 5 nitrogen and oxygen atoms in total. The largest absolute Gasteiger partial charge is 0.280 e. The molecule has 0 saturated carbocycles. The van der Waals surface area contributed by atoms with E-state index in [4.69, 9.17) is 0 Å². The van der Waals surface area contributed by atoms with Crippen molar-refractivity contribution >= 4 is 20.7 Å². The number of nitrogens with zero attached hydrogens (tertiary/aromatic N) is 2. The van der Waals surface area contributed by atoms with Crippen molar-refractivity contribution in [2.75, 3.05) is 6.26 Å². The van der Waals surface area contributed by atoms with E-state index in [1.54, 1.807) is 25.1 Å². The molecule has 3 aromatic rings. The molecule has 1 aromatic carbocycles. The molecule has 23 heavy (non-hydrogen) atoms. The molecular weight excluding hydrogens is 324 g/mol. The Morgan fingerprint density at radius 1 is 1.22 bits per heavy atom. The van der Waals surface area contributed by atoms with E-state index < -0.39 is 16.3 Å². The van der Waals surface area contributed by atoms with Gasteiger partial charge in [0.25, 0.3) is 6.43 Å². The first kappa shape index (κ1) is 15.5. The summed E-state index contributed by atoms with van der Waals surface area (Å²) in [5.74, 6) is 0. The van der Waals surface area contributed by atoms with Crippen LogP contribution in [-0.4, -0.2) is 29.9 Å². The number of alkyl halides is 2. The molecule has 0 aliphatic carbocycles. The van der Waals surface area contributed by atoms with Crippen molar-refractivity contribution in [3.05, 3.63) is 41.7 Å². The first-order chi connectivity index (χ1) is 10.8. The van der Waals surface area contributed by atoms with Crippen LogP contribution in [0.25, 0.3) is 22.2 Å². The number of hydrogen-bond acceptors (Lipinski definition) is 4. The highest BCUT2D eigenvalue weighted by atomic mass is 32.2. The summed E-state index contributed by atoms with van der Waals surface area (Å²) >= 11 is 0. The van der Waals surface area contributed by atoms with Crippen molar-refractivity contribution in [3.63, 3.8) is 0 Å². The van der Waals surface area contributed by atoms with Crippen LogP contribution in [0.4, 0.5) is 8.78 Å². The maximum atomic E-state index is 13.1. The number of halogens is 2. The number of pyridine rings is 1. The summed E-state index contributed by atoms with van der Waals surface area (Å²) in [6, 6.07) is 6.19. The Hall–Kier alpha value is -2.35. The smallest absolute Gasteiger partial charge is 0.275 e. The Bertz CT molecular complexity index is 997. The summed E-state index contributed by atoms with van der Waals surface area (Å²) in [5, 5.41) is 6.45. The molecule has 2 heterocycles. The molecule has 0 bridgehead atoms. The topological polar surface area (TPSA) is 75.7 Å². The zero-order valence-corrected chi connectivity index (χ0v) is 13.2. The summed E-state index contributed by atoms with van der Waals surface area (Å²) in [6.07, 6.45) is -0.105. The van der Waals surface area contributed by atoms with Gasteiger partial charge in [-0.05, 0) is 30.7 Å². The van der Waals surface area contributed by atoms with Gasteiger partial charge >= 0.3 is 0 Å². The van der Waals surface area contributed by atoms with Crippen molar-refractivity contribution in [2.24, 2.45) is 0 Å². The molecule has 0 fully saturated rings. The van der Waals surface area contributed by atoms with Crippen LogP contribution in [-0.2, 0) is 9.84 Å². The van der Waals surface area contributed by atoms with Crippen LogP contribution in [0.2, 0.25) is 0 Å². The minimum absolute atomic E-state index is 0.203. The lowest BCUT2D eigenvalue weighted by atomic mass is 10.0. The Labute approximate surface area is 131 Å². The van der Waals surface area contributed by atoms with Gasteiger partial charge in [-0.2, -0.15) is 5.10 Å². The van der Waals surface area contributed by atoms with Gasteiger partial charge in [0.15, 0.2) is 9.84 Å². The fourth-order valence-electron chi connectivity index (χ4n) is 2.58. The van der Waals surface area contributed by atoms with Crippen LogP contribution in [0.3, 0.4) is 0 Å². The zero-order chi connectivity index (χ0) is 16.8. The summed E-state index contributed by atoms with van der Waals surface area (Å²) in [7, 11) is -3.34. The molecule has 0 spiro atoms. The van der Waals surface area contributed by atoms with Crippen LogP contribution in [0.15, 0.2) is 35.4 Å². The van der Waals surface area contributed by atoms with E-state index in [9.17, 15) is 17.2 Å². The summed E-state index contributed by atoms with van der Waals surface area (Å²) in [4.78, 5) is 4.39. The van der Waals surface area contributed by atoms with E-state index in [0.717, 1.165) is 6.26 Å². The maximum Gasteiger partial charge on any atom is 0.280 e. The lowest BCUT2D eigenvalue weighted by Crippen LogP contribution is -2.00. The van der Waals surface area contributed by atoms with Crippen molar-refractivity contribution in [3.8, 4) is 11.3 Å². The van der Waals surface area contributed by atoms with Crippen molar-refractivity contribution in [1.82, 2.24) is 15.2 Å². The Kier molecular flexibility index (Phi) is 3.63. The minimum Gasteiger partial charge on any atom is -0.275 e. The summed E-state index contributed by atoms with van der Waals surface area (Å²) in [5.41, 5.74) is 1.52. The van der Waals surface area contributed by atoms with E-state index in [-0.39, 0.29) is 16.0 Å². The number of fused-ring (bicyclic) bond motifs is 1. The van der Waals surface area contributed by atoms with Crippen molar-refractivity contribution in [2.45, 2.75) is 18.2 Å². The van der Waals surface area contributed by atoms with Crippen LogP contribution >= 0.6 is 0 Å². The molecular formula is C15H13F2N3O2S. The highest BCUT2D eigenvalue weighted by Crippen LogP contribution is 2.33. The van der Waals surface area contributed by atoms with Gasteiger partial charge in [-0.25, -0.2) is 17.2 Å². The number of sulfone groups is 1. The third-order valence-corrected chi connectivity index (χ3v) is 4.82. The van der Waals surface area contributed by atoms with Crippen LogP contribution < -0.4 is 0 Å². The Morgan fingerprint density at radius 3 is 2.57 bits per heavy atom. The second-order valence-corrected chi connectivity index (χ2v) is 7.23. The normalized spacial score (nSPS) is 12.2. The average Bonchev–Trinajstić information content (AvgIpc) is 2.89. The predicted octanol–water partition coefficient (Wildman–Crippen LogP) is 3.27. The van der Waals surface area contributed by atoms with Crippen LogP contribution in [0.1, 0.15) is 17.7 Å². The molecule has 1 N–H and O–H groups in total. The molecule has 8 heteroatoms. The lowest BCUT2D eigenvalue weighted by molar-refractivity contribution is 0.147. The number of aryl methyl sites for hydroxylation is 1. The van der Waals surface area contributed by atoms with E-state index in [0.29, 0.717) is 22.3 Å². The van der Waals surface area contributed by atoms with Gasteiger partial charge < -0.3 is 0 Å². The second kappa shape index (κ2) is 5.38. The van der Waals surface area contributed by atoms with Gasteiger partial charge in [-0.1, -0.05) is 6.07 Å². The van der Waals surface area contributed by atoms with Crippen LogP contribution in [0.5, 0.6) is 0 Å². The molecule has 0 aliphatic rings. The van der Waals surface area contributed by atoms with Crippen LogP contribution in [0, 0.1) is 6.92 Å². The van der Waals surface area contributed by atoms with Gasteiger partial charge in [-0.15, -0.1) is 0 Å². The SMILES string of the molecule is Cc1cc(-c2nccc3n[nH]c(C(F)F)c23)ccc1S(C)(=O)=O. The fourth-order valence-corrected chi connectivity index (χ4v) is 3.54. The molecule has 0 saturated heterocycles. The van der Waals surface area contributed by atoms with Gasteiger partial charge in [0.2, 0.25) is 0 Å². The third-order valence-electron chi connectivity index (χ3n) is 3.56. The monoisotopic (exact) mass is 337 g/mol. The summed E-state index contributed by atoms with van der Waals surface area (Å²) in [6.45, 7) is 1.66. The number of H-pyrrole nitrogens is 1. The Morgan fingerprint density at radius 2 is 1.96 bits per heavy atom. The fraction of sp³-hybridized carbons (Fsp3) is 0.200. The van der Waals surface area contributed by atoms with Gasteiger partial charge in [-0.3, -0.25) is 10.1 Å². The molecule has 0 radical (unpaired) electrons. The van der Waals surface area contributed by atoms with Gasteiger partial charge in [0.05, 0.1) is 21.5 Å². The highest BCUT2D eigenvalue weighted by Gasteiger charge is 2.20. The van der Waals surface area contributed by atoms with Gasteiger partial charge in [0, 0.05) is 18.0 Å². The lowest BCUT2D eigenvalue weighted by Gasteiger charge is -2.08. The molecule has 0 unspecified atom stereocenters. The summed E-state index contributed by atoms with van der Waals surface area (Å²) < 4.78 is 49.7. The number of rotatable bonds is 3. The Balaban J connectivity index is 2.25. The quantitative estimate of drug-likeness (QED) is 0.796. The zero-order valence-electron chi connectivity index (χ0n) is 12.3. The van der Waals surface area contributed by atoms with E-state index in [1.807, 2.05) is 0 Å². The van der Waals surface area contributed by atoms with Crippen molar-refractivity contribution in [1.29, 1.82) is 0 Å². The highest BCUT2D eigenvalue weighted by molar-refractivity contribution is 7.90. The second-order valence-electron chi connectivity index (χ2n) is 5.24. The number of aromatic nitrogens is 3. The number of benzene rings is 1. The molecule has 2 aromatic heterocycles. The minimum atomic E-state index is -3.34. The first-order valence-corrected chi connectivity index (χ1v) is 8.60. The molecule has 0 aliphatic heterocycles. The van der Waals surface area contributed by atoms with E-state index in [1.165, 1.54) is 12.3 Å². The number of aromatic amines is 1. The maximum absolute atomic E-state index is 13.1. The van der Waals surface area contributed by atoms with Crippen molar-refractivity contribution < 1.29 is 17.2 Å². The molecule has 3 rings (SSSR count). The third kappa shape index (κ3) is 2.70. The standard InChI is InChI=1S/C15H13F2N3O2S/c1-8-7-9(3-4-11(8)23(2,21)22)13-12-10(5-6-18-13)19-20-14(12)15(16)17/h3-7,15H,1-2H3,(H,19,20). The van der Waals surface area contributed by atoms with E-state index >= 15 is 0 Å². The van der Waals surface area contributed by atoms with Gasteiger partial charge in [0.1, 0.15) is 5.69 Å². The number of hydrogen-bond donors (Lipinski definition) is 1. The van der Waals surface area contributed by atoms with E-state index in [2.05, 4.69) is 15.2 Å². The number of nitrogens with one attached hydrogen (secondary N) is 1. The molecule has 0 amide bonds. The predicted molar refractivity (Wildman–Crippen MR) is 82.1 cm³/mol. The average molecular weight is 337 g/mol.